The Labute approximate surface area is 122 Å². The molecule has 20 heavy (non-hydrogen) atoms. The summed E-state index contributed by atoms with van der Waals surface area (Å²) in [5.74, 6) is 0. The van der Waals surface area contributed by atoms with Crippen molar-refractivity contribution in [2.75, 3.05) is 0 Å². The molecule has 0 aliphatic rings. The maximum atomic E-state index is 12.3. The molecule has 1 atom stereocenters. The van der Waals surface area contributed by atoms with Gasteiger partial charge < -0.3 is 5.73 Å². The van der Waals surface area contributed by atoms with Crippen LogP contribution in [-0.2, 0) is 0 Å². The summed E-state index contributed by atoms with van der Waals surface area (Å²) >= 11 is -0.372. The van der Waals surface area contributed by atoms with Crippen molar-refractivity contribution in [3.63, 3.8) is 0 Å². The van der Waals surface area contributed by atoms with Crippen LogP contribution in [0.3, 0.4) is 0 Å². The molecule has 116 valence electrons. The maximum Gasteiger partial charge on any atom is 0.446 e. The van der Waals surface area contributed by atoms with Gasteiger partial charge in [-0.25, -0.2) is 0 Å². The van der Waals surface area contributed by atoms with Crippen molar-refractivity contribution in [3.05, 3.63) is 29.8 Å². The number of hydrogen-bond acceptors (Lipinski definition) is 2. The monoisotopic (exact) mass is 339 g/mol. The molecular weight excluding hydrogens is 328 g/mol. The van der Waals surface area contributed by atoms with Gasteiger partial charge in [0, 0.05) is 17.4 Å². The van der Waals surface area contributed by atoms with E-state index in [1.165, 1.54) is 24.3 Å². The molecule has 0 heterocycles. The Balaban J connectivity index is 0.00000361. The van der Waals surface area contributed by atoms with Crippen LogP contribution in [0.25, 0.3) is 0 Å². The summed E-state index contributed by atoms with van der Waals surface area (Å²) in [6.45, 7) is 0. The molecule has 1 nitrogen and oxygen atoms in total. The van der Waals surface area contributed by atoms with Crippen LogP contribution in [-0.4, -0.2) is 11.7 Å². The summed E-state index contributed by atoms with van der Waals surface area (Å²) < 4.78 is 73.1. The first kappa shape index (κ1) is 19.4. The van der Waals surface area contributed by atoms with Crippen molar-refractivity contribution in [2.24, 2.45) is 5.73 Å². The van der Waals surface area contributed by atoms with Crippen molar-refractivity contribution in [1.82, 2.24) is 0 Å². The molecule has 0 bridgehead atoms. The summed E-state index contributed by atoms with van der Waals surface area (Å²) in [6, 6.07) is 4.26. The molecule has 0 spiro atoms. The highest BCUT2D eigenvalue weighted by molar-refractivity contribution is 8.00. The number of alkyl halides is 6. The normalized spacial score (nSPS) is 13.8. The lowest BCUT2D eigenvalue weighted by Crippen LogP contribution is -2.17. The van der Waals surface area contributed by atoms with Crippen LogP contribution in [0.4, 0.5) is 26.3 Å². The fourth-order valence-corrected chi connectivity index (χ4v) is 2.21. The Hall–Kier alpha value is -0.600. The molecule has 0 radical (unpaired) electrons. The highest BCUT2D eigenvalue weighted by Crippen LogP contribution is 2.40. The third-order valence-corrected chi connectivity index (χ3v) is 3.11. The van der Waals surface area contributed by atoms with E-state index in [1.54, 1.807) is 0 Å². The second-order valence-corrected chi connectivity index (χ2v) is 4.95. The number of thioether (sulfide) groups is 1. The molecule has 2 N–H and O–H groups in total. The minimum atomic E-state index is -4.50. The molecule has 0 aliphatic heterocycles. The van der Waals surface area contributed by atoms with Gasteiger partial charge in [0.05, 0.1) is 0 Å². The molecule has 0 amide bonds. The van der Waals surface area contributed by atoms with E-state index < -0.39 is 30.6 Å². The Bertz CT molecular complexity index is 420. The zero-order chi connectivity index (χ0) is 14.7. The van der Waals surface area contributed by atoms with Crippen molar-refractivity contribution < 1.29 is 26.3 Å². The average Bonchev–Trinajstić information content (AvgIpc) is 2.23. The van der Waals surface area contributed by atoms with Crippen LogP contribution in [0.2, 0.25) is 0 Å². The zero-order valence-corrected chi connectivity index (χ0v) is 11.6. The molecule has 0 saturated carbocycles. The van der Waals surface area contributed by atoms with Gasteiger partial charge in [-0.3, -0.25) is 0 Å². The van der Waals surface area contributed by atoms with Crippen molar-refractivity contribution in [1.29, 1.82) is 0 Å². The van der Waals surface area contributed by atoms with Crippen LogP contribution in [0.1, 0.15) is 24.4 Å². The Morgan fingerprint density at radius 1 is 1.05 bits per heavy atom. The first-order valence-corrected chi connectivity index (χ1v) is 6.07. The van der Waals surface area contributed by atoms with Crippen LogP contribution >= 0.6 is 24.2 Å². The molecule has 1 aromatic rings. The number of nitrogens with two attached hydrogens (primary N) is 1. The maximum absolute atomic E-state index is 12.3. The van der Waals surface area contributed by atoms with Gasteiger partial charge in [-0.05, 0) is 29.8 Å². The minimum Gasteiger partial charge on any atom is -0.324 e. The van der Waals surface area contributed by atoms with Gasteiger partial charge in [-0.15, -0.1) is 12.4 Å². The van der Waals surface area contributed by atoms with E-state index in [0.717, 1.165) is 0 Å². The summed E-state index contributed by atoms with van der Waals surface area (Å²) in [5.41, 5.74) is 1.12. The first-order valence-electron chi connectivity index (χ1n) is 5.25. The summed E-state index contributed by atoms with van der Waals surface area (Å²) in [6.07, 6.45) is -5.94. The molecule has 1 aromatic carbocycles. The second kappa shape index (κ2) is 7.42. The molecule has 0 aliphatic carbocycles. The van der Waals surface area contributed by atoms with E-state index >= 15 is 0 Å². The third-order valence-electron chi connectivity index (χ3n) is 2.28. The van der Waals surface area contributed by atoms with Crippen molar-refractivity contribution >= 4 is 24.2 Å². The van der Waals surface area contributed by atoms with Crippen LogP contribution in [0, 0.1) is 0 Å². The lowest BCUT2D eigenvalue weighted by molar-refractivity contribution is -0.136. The lowest BCUT2D eigenvalue weighted by atomic mass is 10.0. The van der Waals surface area contributed by atoms with E-state index in [0.29, 0.717) is 0 Å². The molecule has 0 fully saturated rings. The molecule has 0 unspecified atom stereocenters. The van der Waals surface area contributed by atoms with E-state index in [4.69, 9.17) is 5.73 Å². The van der Waals surface area contributed by atoms with E-state index in [2.05, 4.69) is 0 Å². The summed E-state index contributed by atoms with van der Waals surface area (Å²) in [5, 5.41) is 0. The van der Waals surface area contributed by atoms with Gasteiger partial charge in [0.15, 0.2) is 0 Å². The van der Waals surface area contributed by atoms with Gasteiger partial charge in [0.2, 0.25) is 0 Å². The van der Waals surface area contributed by atoms with Gasteiger partial charge in [-0.2, -0.15) is 26.3 Å². The number of rotatable bonds is 4. The molecule has 0 aromatic heterocycles. The van der Waals surface area contributed by atoms with Crippen LogP contribution in [0.15, 0.2) is 29.2 Å². The van der Waals surface area contributed by atoms with Gasteiger partial charge in [0.25, 0.3) is 0 Å². The largest absolute Gasteiger partial charge is 0.446 e. The zero-order valence-electron chi connectivity index (χ0n) is 9.96. The Kier molecular flexibility index (Phi) is 7.20. The number of hydrogen-bond donors (Lipinski definition) is 1. The lowest BCUT2D eigenvalue weighted by Gasteiger charge is -2.17. The van der Waals surface area contributed by atoms with E-state index in [9.17, 15) is 26.3 Å². The number of halogens is 7. The van der Waals surface area contributed by atoms with E-state index in [1.807, 2.05) is 0 Å². The number of benzene rings is 1. The Morgan fingerprint density at radius 3 is 2.10 bits per heavy atom. The SMILES string of the molecule is Cl.N[C@@H](CCC(F)(F)F)c1ccccc1SC(F)(F)F. The Morgan fingerprint density at radius 2 is 1.60 bits per heavy atom. The van der Waals surface area contributed by atoms with Crippen LogP contribution in [0.5, 0.6) is 0 Å². The molecule has 1 rings (SSSR count). The van der Waals surface area contributed by atoms with Crippen molar-refractivity contribution in [3.8, 4) is 0 Å². The highest BCUT2D eigenvalue weighted by Gasteiger charge is 2.32. The van der Waals surface area contributed by atoms with Gasteiger partial charge in [0.1, 0.15) is 0 Å². The predicted octanol–water partition coefficient (Wildman–Crippen LogP) is 5.06. The van der Waals surface area contributed by atoms with Crippen LogP contribution < -0.4 is 5.73 Å². The summed E-state index contributed by atoms with van der Waals surface area (Å²) in [7, 11) is 0. The molecule has 0 saturated heterocycles. The predicted molar refractivity (Wildman–Crippen MR) is 67.8 cm³/mol. The van der Waals surface area contributed by atoms with Gasteiger partial charge >= 0.3 is 11.7 Å². The standard InChI is InChI=1S/C11H11F6NS.ClH/c12-10(13,14)6-5-8(18)7-3-1-2-4-9(7)19-11(15,16)17;/h1-4,8H,5-6,18H2;1H/t8-;/m0./s1. The van der Waals surface area contributed by atoms with Crippen molar-refractivity contribution in [2.45, 2.75) is 35.5 Å². The molecular formula is C11H12ClF6NS. The first-order chi connectivity index (χ1) is 8.58. The quantitative estimate of drug-likeness (QED) is 0.612. The second-order valence-electron chi connectivity index (χ2n) is 3.85. The third kappa shape index (κ3) is 7.25. The smallest absolute Gasteiger partial charge is 0.324 e. The average molecular weight is 340 g/mol. The van der Waals surface area contributed by atoms with Gasteiger partial charge in [-0.1, -0.05) is 18.2 Å². The fraction of sp³-hybridized carbons (Fsp3) is 0.455. The topological polar surface area (TPSA) is 26.0 Å². The minimum absolute atomic E-state index is 0. The fourth-order valence-electron chi connectivity index (χ4n) is 1.48. The summed E-state index contributed by atoms with van der Waals surface area (Å²) in [4.78, 5) is -0.162. The molecule has 9 heteroatoms. The van der Waals surface area contributed by atoms with E-state index in [-0.39, 0.29) is 34.6 Å². The highest BCUT2D eigenvalue weighted by atomic mass is 35.5.